The minimum absolute atomic E-state index is 0.0215. The monoisotopic (exact) mass is 211 g/mol. The van der Waals surface area contributed by atoms with Crippen LogP contribution < -0.4 is 5.32 Å². The average molecular weight is 212 g/mol. The molecule has 0 radical (unpaired) electrons. The Kier molecular flexibility index (Phi) is 3.94. The first kappa shape index (κ1) is 11.0. The zero-order valence-corrected chi connectivity index (χ0v) is 8.61. The summed E-state index contributed by atoms with van der Waals surface area (Å²) in [5.74, 6) is 2.12. The zero-order valence-electron chi connectivity index (χ0n) is 7.85. The molecule has 0 fully saturated rings. The first-order chi connectivity index (χ1) is 6.69. The molecule has 1 rings (SSSR count). The van der Waals surface area contributed by atoms with E-state index in [4.69, 9.17) is 18.0 Å². The van der Waals surface area contributed by atoms with E-state index in [1.165, 1.54) is 12.1 Å². The Morgan fingerprint density at radius 2 is 2.36 bits per heavy atom. The van der Waals surface area contributed by atoms with Gasteiger partial charge in [0.1, 0.15) is 5.82 Å². The van der Waals surface area contributed by atoms with Crippen molar-refractivity contribution in [1.29, 1.82) is 0 Å². The fourth-order valence-electron chi connectivity index (χ4n) is 1.23. The maximum absolute atomic E-state index is 13.1. The van der Waals surface area contributed by atoms with Gasteiger partial charge in [0.15, 0.2) is 0 Å². The molecule has 0 aliphatic carbocycles. The molecule has 1 nitrogen and oxygen atoms in total. The van der Waals surface area contributed by atoms with E-state index in [2.05, 4.69) is 11.2 Å². The van der Waals surface area contributed by atoms with Crippen LogP contribution in [0.1, 0.15) is 18.0 Å². The molecule has 1 aromatic rings. The lowest BCUT2D eigenvalue weighted by molar-refractivity contribution is 0.591. The zero-order chi connectivity index (χ0) is 10.6. The lowest BCUT2D eigenvalue weighted by Gasteiger charge is -2.13. The van der Waals surface area contributed by atoms with Gasteiger partial charge in [0.05, 0.1) is 5.02 Å². The molecule has 3 heteroatoms. The van der Waals surface area contributed by atoms with Gasteiger partial charge in [-0.1, -0.05) is 17.7 Å². The number of terminal acetylenes is 1. The van der Waals surface area contributed by atoms with E-state index in [-0.39, 0.29) is 11.1 Å². The predicted octanol–water partition coefficient (Wildman–Crippen LogP) is 2.76. The standard InChI is InChI=1S/C11H11ClFN/c1-3-4-11(14-2)8-5-6-9(12)10(13)7-8/h1,5-7,11,14H,4H2,2H3. The predicted molar refractivity (Wildman–Crippen MR) is 56.7 cm³/mol. The van der Waals surface area contributed by atoms with E-state index >= 15 is 0 Å². The minimum atomic E-state index is -0.415. The van der Waals surface area contributed by atoms with Crippen LogP contribution in [-0.4, -0.2) is 7.05 Å². The number of hydrogen-bond acceptors (Lipinski definition) is 1. The van der Waals surface area contributed by atoms with Crippen LogP contribution in [0.15, 0.2) is 18.2 Å². The lowest BCUT2D eigenvalue weighted by atomic mass is 10.0. The van der Waals surface area contributed by atoms with Gasteiger partial charge in [-0.05, 0) is 24.7 Å². The Morgan fingerprint density at radius 3 is 2.86 bits per heavy atom. The van der Waals surface area contributed by atoms with Crippen LogP contribution in [0.2, 0.25) is 5.02 Å². The Hall–Kier alpha value is -1.04. The van der Waals surface area contributed by atoms with Crippen molar-refractivity contribution in [3.8, 4) is 12.3 Å². The fourth-order valence-corrected chi connectivity index (χ4v) is 1.35. The number of halogens is 2. The van der Waals surface area contributed by atoms with Crippen LogP contribution in [0.5, 0.6) is 0 Å². The number of rotatable bonds is 3. The molecule has 0 aliphatic heterocycles. The highest BCUT2D eigenvalue weighted by Crippen LogP contribution is 2.21. The SMILES string of the molecule is C#CCC(NC)c1ccc(Cl)c(F)c1. The number of benzene rings is 1. The molecule has 0 aliphatic rings. The minimum Gasteiger partial charge on any atom is -0.312 e. The second-order valence-electron chi connectivity index (χ2n) is 2.92. The molecule has 0 saturated carbocycles. The molecule has 1 unspecified atom stereocenters. The summed E-state index contributed by atoms with van der Waals surface area (Å²) in [5, 5.41) is 3.14. The van der Waals surface area contributed by atoms with Crippen LogP contribution >= 0.6 is 11.6 Å². The number of nitrogens with one attached hydrogen (secondary N) is 1. The maximum Gasteiger partial charge on any atom is 0.142 e. The van der Waals surface area contributed by atoms with E-state index in [1.54, 1.807) is 13.1 Å². The van der Waals surface area contributed by atoms with Crippen molar-refractivity contribution in [2.24, 2.45) is 0 Å². The maximum atomic E-state index is 13.1. The van der Waals surface area contributed by atoms with E-state index in [1.807, 2.05) is 0 Å². The summed E-state index contributed by atoms with van der Waals surface area (Å²) in [7, 11) is 1.79. The van der Waals surface area contributed by atoms with Gasteiger partial charge in [-0.25, -0.2) is 4.39 Å². The molecule has 0 bridgehead atoms. The third kappa shape index (κ3) is 2.47. The summed E-state index contributed by atoms with van der Waals surface area (Å²) in [4.78, 5) is 0. The quantitative estimate of drug-likeness (QED) is 0.759. The van der Waals surface area contributed by atoms with Crippen molar-refractivity contribution in [3.05, 3.63) is 34.6 Å². The Labute approximate surface area is 88.3 Å². The summed E-state index contributed by atoms with van der Waals surface area (Å²) in [6.45, 7) is 0. The third-order valence-electron chi connectivity index (χ3n) is 2.02. The van der Waals surface area contributed by atoms with E-state index in [0.29, 0.717) is 6.42 Å². The lowest BCUT2D eigenvalue weighted by Crippen LogP contribution is -2.15. The molecule has 74 valence electrons. The molecule has 1 atom stereocenters. The second-order valence-corrected chi connectivity index (χ2v) is 3.33. The van der Waals surface area contributed by atoms with Gasteiger partial charge in [0, 0.05) is 12.5 Å². The van der Waals surface area contributed by atoms with Crippen molar-refractivity contribution >= 4 is 11.6 Å². The highest BCUT2D eigenvalue weighted by atomic mass is 35.5. The van der Waals surface area contributed by atoms with E-state index in [0.717, 1.165) is 5.56 Å². The van der Waals surface area contributed by atoms with Gasteiger partial charge in [-0.15, -0.1) is 12.3 Å². The van der Waals surface area contributed by atoms with Crippen LogP contribution in [0.4, 0.5) is 4.39 Å². The topological polar surface area (TPSA) is 12.0 Å². The summed E-state index contributed by atoms with van der Waals surface area (Å²) < 4.78 is 13.1. The number of hydrogen-bond donors (Lipinski definition) is 1. The van der Waals surface area contributed by atoms with Crippen molar-refractivity contribution in [3.63, 3.8) is 0 Å². The highest BCUT2D eigenvalue weighted by Gasteiger charge is 2.09. The normalized spacial score (nSPS) is 12.1. The van der Waals surface area contributed by atoms with Gasteiger partial charge in [0.25, 0.3) is 0 Å². The van der Waals surface area contributed by atoms with Gasteiger partial charge in [-0.3, -0.25) is 0 Å². The molecule has 0 spiro atoms. The Morgan fingerprint density at radius 1 is 1.64 bits per heavy atom. The molecule has 0 saturated heterocycles. The van der Waals surface area contributed by atoms with Gasteiger partial charge in [0.2, 0.25) is 0 Å². The van der Waals surface area contributed by atoms with Crippen LogP contribution in [0.3, 0.4) is 0 Å². The molecular weight excluding hydrogens is 201 g/mol. The smallest absolute Gasteiger partial charge is 0.142 e. The fraction of sp³-hybridized carbons (Fsp3) is 0.273. The van der Waals surface area contributed by atoms with Gasteiger partial charge < -0.3 is 5.32 Å². The van der Waals surface area contributed by atoms with Crippen molar-refractivity contribution < 1.29 is 4.39 Å². The first-order valence-electron chi connectivity index (χ1n) is 4.24. The summed E-state index contributed by atoms with van der Waals surface area (Å²) in [6, 6.07) is 4.68. The Balaban J connectivity index is 2.95. The van der Waals surface area contributed by atoms with Crippen LogP contribution in [0.25, 0.3) is 0 Å². The van der Waals surface area contributed by atoms with Crippen molar-refractivity contribution in [1.82, 2.24) is 5.32 Å². The average Bonchev–Trinajstić information content (AvgIpc) is 2.19. The Bertz CT molecular complexity index is 357. The van der Waals surface area contributed by atoms with Crippen LogP contribution in [-0.2, 0) is 0 Å². The van der Waals surface area contributed by atoms with Gasteiger partial charge >= 0.3 is 0 Å². The van der Waals surface area contributed by atoms with Gasteiger partial charge in [-0.2, -0.15) is 0 Å². The molecule has 14 heavy (non-hydrogen) atoms. The molecule has 0 heterocycles. The van der Waals surface area contributed by atoms with Crippen molar-refractivity contribution in [2.75, 3.05) is 7.05 Å². The molecule has 0 amide bonds. The summed E-state index contributed by atoms with van der Waals surface area (Å²) in [6.07, 6.45) is 5.73. The molecular formula is C11H11ClFN. The summed E-state index contributed by atoms with van der Waals surface area (Å²) in [5.41, 5.74) is 0.812. The third-order valence-corrected chi connectivity index (χ3v) is 2.32. The van der Waals surface area contributed by atoms with E-state index in [9.17, 15) is 4.39 Å². The summed E-state index contributed by atoms with van der Waals surface area (Å²) >= 11 is 5.57. The first-order valence-corrected chi connectivity index (χ1v) is 4.62. The molecule has 0 aromatic heterocycles. The van der Waals surface area contributed by atoms with E-state index < -0.39 is 5.82 Å². The largest absolute Gasteiger partial charge is 0.312 e. The second kappa shape index (κ2) is 4.99. The van der Waals surface area contributed by atoms with Crippen molar-refractivity contribution in [2.45, 2.75) is 12.5 Å². The van der Waals surface area contributed by atoms with Crippen LogP contribution in [0, 0.1) is 18.2 Å². The molecule has 1 aromatic carbocycles. The molecule has 1 N–H and O–H groups in total. The highest BCUT2D eigenvalue weighted by molar-refractivity contribution is 6.30.